The van der Waals surface area contributed by atoms with Crippen LogP contribution in [0.2, 0.25) is 0 Å². The summed E-state index contributed by atoms with van der Waals surface area (Å²) in [6.07, 6.45) is 4.94. The van der Waals surface area contributed by atoms with Crippen molar-refractivity contribution in [3.63, 3.8) is 0 Å². The minimum atomic E-state index is -0.161. The highest BCUT2D eigenvalue weighted by Crippen LogP contribution is 2.13. The molecule has 0 aliphatic carbocycles. The third kappa shape index (κ3) is 3.37. The van der Waals surface area contributed by atoms with Gasteiger partial charge in [0.25, 0.3) is 5.91 Å². The summed E-state index contributed by atoms with van der Waals surface area (Å²) in [6.45, 7) is 2.18. The molecule has 18 heavy (non-hydrogen) atoms. The standard InChI is InChI=1S/C13H15N3OS/c1-2-3-4-10-5-7-11(8-6-10)15-13(17)12-9-14-16-18-12/h5-9H,2-4H2,1H3,(H,15,17). The summed E-state index contributed by atoms with van der Waals surface area (Å²) in [4.78, 5) is 12.3. The summed E-state index contributed by atoms with van der Waals surface area (Å²) in [5, 5.41) is 6.46. The summed E-state index contributed by atoms with van der Waals surface area (Å²) >= 11 is 1.09. The van der Waals surface area contributed by atoms with Gasteiger partial charge in [0.2, 0.25) is 0 Å². The fourth-order valence-electron chi connectivity index (χ4n) is 1.60. The first-order valence-electron chi connectivity index (χ1n) is 5.97. The van der Waals surface area contributed by atoms with E-state index in [0.29, 0.717) is 4.88 Å². The van der Waals surface area contributed by atoms with Crippen molar-refractivity contribution in [3.8, 4) is 0 Å². The average Bonchev–Trinajstić information content (AvgIpc) is 2.92. The first kappa shape index (κ1) is 12.7. The minimum absolute atomic E-state index is 0.161. The third-order valence-corrected chi connectivity index (χ3v) is 3.28. The molecule has 1 aromatic carbocycles. The molecule has 1 N–H and O–H groups in total. The number of anilines is 1. The Hall–Kier alpha value is -1.75. The molecule has 1 amide bonds. The Morgan fingerprint density at radius 1 is 1.33 bits per heavy atom. The fourth-order valence-corrected chi connectivity index (χ4v) is 2.01. The number of nitrogens with zero attached hydrogens (tertiary/aromatic N) is 2. The highest BCUT2D eigenvalue weighted by atomic mass is 32.1. The van der Waals surface area contributed by atoms with E-state index in [-0.39, 0.29) is 5.91 Å². The van der Waals surface area contributed by atoms with Gasteiger partial charge in [-0.05, 0) is 42.1 Å². The summed E-state index contributed by atoms with van der Waals surface area (Å²) < 4.78 is 3.66. The first-order chi connectivity index (χ1) is 8.79. The van der Waals surface area contributed by atoms with E-state index < -0.39 is 0 Å². The van der Waals surface area contributed by atoms with E-state index in [9.17, 15) is 4.79 Å². The van der Waals surface area contributed by atoms with Gasteiger partial charge in [0, 0.05) is 5.69 Å². The molecule has 0 radical (unpaired) electrons. The molecule has 0 saturated heterocycles. The Balaban J connectivity index is 1.96. The molecular formula is C13H15N3OS. The van der Waals surface area contributed by atoms with E-state index in [1.54, 1.807) is 0 Å². The number of carbonyl (C=O) groups excluding carboxylic acids is 1. The van der Waals surface area contributed by atoms with Crippen molar-refractivity contribution in [2.45, 2.75) is 26.2 Å². The quantitative estimate of drug-likeness (QED) is 0.899. The van der Waals surface area contributed by atoms with Crippen molar-refractivity contribution in [1.29, 1.82) is 0 Å². The highest BCUT2D eigenvalue weighted by molar-refractivity contribution is 7.07. The van der Waals surface area contributed by atoms with Gasteiger partial charge in [-0.1, -0.05) is 30.0 Å². The number of nitrogens with one attached hydrogen (secondary N) is 1. The van der Waals surface area contributed by atoms with E-state index in [2.05, 4.69) is 34.0 Å². The van der Waals surface area contributed by atoms with E-state index in [1.165, 1.54) is 24.6 Å². The minimum Gasteiger partial charge on any atom is -0.321 e. The van der Waals surface area contributed by atoms with Crippen LogP contribution >= 0.6 is 11.5 Å². The fraction of sp³-hybridized carbons (Fsp3) is 0.308. The third-order valence-electron chi connectivity index (χ3n) is 2.62. The number of aromatic nitrogens is 2. The average molecular weight is 261 g/mol. The lowest BCUT2D eigenvalue weighted by atomic mass is 10.1. The number of unbranched alkanes of at least 4 members (excludes halogenated alkanes) is 1. The maximum Gasteiger partial charge on any atom is 0.269 e. The number of hydrogen-bond donors (Lipinski definition) is 1. The molecule has 2 aromatic rings. The molecule has 1 heterocycles. The Kier molecular flexibility index (Phi) is 4.41. The Morgan fingerprint density at radius 3 is 2.72 bits per heavy atom. The molecule has 0 unspecified atom stereocenters. The molecule has 0 aliphatic rings. The molecule has 0 atom stereocenters. The second-order valence-corrected chi connectivity index (χ2v) is 4.82. The molecule has 0 saturated carbocycles. The maximum atomic E-state index is 11.8. The van der Waals surface area contributed by atoms with Crippen LogP contribution in [0.5, 0.6) is 0 Å². The summed E-state index contributed by atoms with van der Waals surface area (Å²) in [5.74, 6) is -0.161. The van der Waals surface area contributed by atoms with Crippen LogP contribution in [0.3, 0.4) is 0 Å². The van der Waals surface area contributed by atoms with Gasteiger partial charge in [-0.3, -0.25) is 4.79 Å². The van der Waals surface area contributed by atoms with Crippen LogP contribution in [-0.4, -0.2) is 15.5 Å². The van der Waals surface area contributed by atoms with Crippen LogP contribution in [0, 0.1) is 0 Å². The van der Waals surface area contributed by atoms with Crippen molar-refractivity contribution in [2.24, 2.45) is 0 Å². The van der Waals surface area contributed by atoms with E-state index in [4.69, 9.17) is 0 Å². The number of carbonyl (C=O) groups is 1. The van der Waals surface area contributed by atoms with Crippen LogP contribution in [0.25, 0.3) is 0 Å². The number of aryl methyl sites for hydroxylation is 1. The van der Waals surface area contributed by atoms with Crippen LogP contribution in [-0.2, 0) is 6.42 Å². The topological polar surface area (TPSA) is 54.9 Å². The summed E-state index contributed by atoms with van der Waals surface area (Å²) in [7, 11) is 0. The number of hydrogen-bond acceptors (Lipinski definition) is 4. The van der Waals surface area contributed by atoms with Crippen molar-refractivity contribution in [3.05, 3.63) is 40.9 Å². The molecule has 0 aliphatic heterocycles. The zero-order chi connectivity index (χ0) is 12.8. The summed E-state index contributed by atoms with van der Waals surface area (Å²) in [5.41, 5.74) is 2.10. The Labute approximate surface area is 110 Å². The van der Waals surface area contributed by atoms with Gasteiger partial charge < -0.3 is 5.32 Å². The van der Waals surface area contributed by atoms with Crippen LogP contribution in [0.4, 0.5) is 5.69 Å². The van der Waals surface area contributed by atoms with Gasteiger partial charge in [-0.25, -0.2) is 0 Å². The zero-order valence-corrected chi connectivity index (χ0v) is 11.0. The zero-order valence-electron chi connectivity index (χ0n) is 10.2. The predicted octanol–water partition coefficient (Wildman–Crippen LogP) is 3.13. The van der Waals surface area contributed by atoms with E-state index >= 15 is 0 Å². The molecule has 0 bridgehead atoms. The van der Waals surface area contributed by atoms with Crippen LogP contribution < -0.4 is 5.32 Å². The molecular weight excluding hydrogens is 246 g/mol. The first-order valence-corrected chi connectivity index (χ1v) is 6.74. The van der Waals surface area contributed by atoms with Gasteiger partial charge in [0.05, 0.1) is 6.20 Å². The largest absolute Gasteiger partial charge is 0.321 e. The molecule has 94 valence electrons. The lowest BCUT2D eigenvalue weighted by molar-refractivity contribution is 0.103. The van der Waals surface area contributed by atoms with Crippen molar-refractivity contribution < 1.29 is 4.79 Å². The van der Waals surface area contributed by atoms with Gasteiger partial charge in [-0.15, -0.1) is 5.10 Å². The van der Waals surface area contributed by atoms with Gasteiger partial charge in [-0.2, -0.15) is 0 Å². The van der Waals surface area contributed by atoms with Gasteiger partial charge >= 0.3 is 0 Å². The SMILES string of the molecule is CCCCc1ccc(NC(=O)c2cnns2)cc1. The van der Waals surface area contributed by atoms with Gasteiger partial charge in [0.1, 0.15) is 4.88 Å². The monoisotopic (exact) mass is 261 g/mol. The van der Waals surface area contributed by atoms with E-state index in [0.717, 1.165) is 23.6 Å². The lowest BCUT2D eigenvalue weighted by Crippen LogP contribution is -2.10. The second-order valence-electron chi connectivity index (χ2n) is 4.04. The number of amides is 1. The molecule has 4 nitrogen and oxygen atoms in total. The lowest BCUT2D eigenvalue weighted by Gasteiger charge is -2.04. The molecule has 0 spiro atoms. The molecule has 1 aromatic heterocycles. The second kappa shape index (κ2) is 6.26. The summed E-state index contributed by atoms with van der Waals surface area (Å²) in [6, 6.07) is 7.96. The molecule has 5 heteroatoms. The van der Waals surface area contributed by atoms with E-state index in [1.807, 2.05) is 12.1 Å². The predicted molar refractivity (Wildman–Crippen MR) is 72.9 cm³/mol. The van der Waals surface area contributed by atoms with Crippen LogP contribution in [0.15, 0.2) is 30.5 Å². The highest BCUT2D eigenvalue weighted by Gasteiger charge is 2.08. The van der Waals surface area contributed by atoms with Crippen molar-refractivity contribution >= 4 is 23.1 Å². The van der Waals surface area contributed by atoms with Gasteiger partial charge in [0.15, 0.2) is 0 Å². The smallest absolute Gasteiger partial charge is 0.269 e. The number of benzene rings is 1. The normalized spacial score (nSPS) is 10.3. The number of rotatable bonds is 5. The van der Waals surface area contributed by atoms with Crippen LogP contribution in [0.1, 0.15) is 35.0 Å². The maximum absolute atomic E-state index is 11.8. The van der Waals surface area contributed by atoms with Crippen molar-refractivity contribution in [1.82, 2.24) is 9.59 Å². The Bertz CT molecular complexity index is 493. The van der Waals surface area contributed by atoms with Crippen molar-refractivity contribution in [2.75, 3.05) is 5.32 Å². The molecule has 0 fully saturated rings. The Morgan fingerprint density at radius 2 is 2.11 bits per heavy atom. The molecule has 2 rings (SSSR count).